The van der Waals surface area contributed by atoms with Crippen LogP contribution in [-0.2, 0) is 11.0 Å². The topological polar surface area (TPSA) is 88.9 Å². The molecule has 10 heteroatoms. The third-order valence-electron chi connectivity index (χ3n) is 5.48. The third-order valence-corrected chi connectivity index (χ3v) is 5.48. The van der Waals surface area contributed by atoms with Crippen molar-refractivity contribution in [2.24, 2.45) is 0 Å². The smallest absolute Gasteiger partial charge is 0.352 e. The van der Waals surface area contributed by atoms with Gasteiger partial charge in [-0.15, -0.1) is 0 Å². The van der Waals surface area contributed by atoms with Gasteiger partial charge in [0, 0.05) is 35.1 Å². The molecule has 3 heterocycles. The molecule has 5 rings (SSSR count). The van der Waals surface area contributed by atoms with Crippen LogP contribution in [0, 0.1) is 0 Å². The Morgan fingerprint density at radius 1 is 1.24 bits per heavy atom. The Kier molecular flexibility index (Phi) is 4.87. The molecular weight excluding hydrogens is 435 g/mol. The van der Waals surface area contributed by atoms with Crippen LogP contribution in [0.5, 0.6) is 0 Å². The van der Waals surface area contributed by atoms with Gasteiger partial charge in [0.25, 0.3) is 5.91 Å². The van der Waals surface area contributed by atoms with Crippen LogP contribution >= 0.6 is 0 Å². The van der Waals surface area contributed by atoms with E-state index in [1.165, 1.54) is 12.3 Å². The second-order valence-electron chi connectivity index (χ2n) is 7.70. The molecule has 0 bridgehead atoms. The monoisotopic (exact) mass is 451 g/mol. The molecule has 7 nitrogen and oxygen atoms in total. The highest BCUT2D eigenvalue weighted by Crippen LogP contribution is 2.43. The summed E-state index contributed by atoms with van der Waals surface area (Å²) in [6, 6.07) is 7.48. The van der Waals surface area contributed by atoms with E-state index in [0.717, 1.165) is 30.7 Å². The summed E-state index contributed by atoms with van der Waals surface area (Å²) < 4.78 is 40.6. The Morgan fingerprint density at radius 2 is 2.06 bits per heavy atom. The quantitative estimate of drug-likeness (QED) is 0.582. The first-order valence-corrected chi connectivity index (χ1v) is 10.1. The largest absolute Gasteiger partial charge is 0.433 e. The Labute approximate surface area is 185 Å². The fourth-order valence-electron chi connectivity index (χ4n) is 3.84. The highest BCUT2D eigenvalue weighted by Gasteiger charge is 2.35. The number of carbonyl (C=O) groups is 1. The summed E-state index contributed by atoms with van der Waals surface area (Å²) in [5.41, 5.74) is 2.24. The molecular formula is C23H16F3N5O2. The molecule has 1 amide bonds. The highest BCUT2D eigenvalue weighted by molar-refractivity contribution is 6.05. The number of anilines is 1. The second kappa shape index (κ2) is 7.75. The molecule has 2 N–H and O–H groups in total. The van der Waals surface area contributed by atoms with Crippen molar-refractivity contribution in [2.45, 2.75) is 24.9 Å². The van der Waals surface area contributed by atoms with Crippen LogP contribution in [-0.4, -0.2) is 26.6 Å². The van der Waals surface area contributed by atoms with Gasteiger partial charge in [-0.25, -0.2) is 9.48 Å². The molecule has 0 atom stereocenters. The number of aromatic nitrogens is 3. The van der Waals surface area contributed by atoms with E-state index in [-0.39, 0.29) is 17.2 Å². The average Bonchev–Trinajstić information content (AvgIpc) is 3.55. The SMILES string of the molecule is O=C=C1NC=Cc2c1cccc2-n1ncc(C(=O)Nc2ccnc(C(F)(F)F)c2)c1C1CC1. The van der Waals surface area contributed by atoms with Crippen molar-refractivity contribution in [1.29, 1.82) is 0 Å². The maximum absolute atomic E-state index is 13.0. The number of hydrogen-bond donors (Lipinski definition) is 2. The van der Waals surface area contributed by atoms with E-state index in [9.17, 15) is 22.8 Å². The number of hydrogen-bond acceptors (Lipinski definition) is 5. The van der Waals surface area contributed by atoms with Crippen LogP contribution in [0.2, 0.25) is 0 Å². The predicted octanol–water partition coefficient (Wildman–Crippen LogP) is 4.16. The average molecular weight is 451 g/mol. The van der Waals surface area contributed by atoms with Gasteiger partial charge in [-0.2, -0.15) is 18.3 Å². The maximum Gasteiger partial charge on any atom is 0.433 e. The van der Waals surface area contributed by atoms with Crippen LogP contribution in [0.3, 0.4) is 0 Å². The van der Waals surface area contributed by atoms with E-state index in [1.54, 1.807) is 29.1 Å². The van der Waals surface area contributed by atoms with Gasteiger partial charge in [0.05, 0.1) is 23.1 Å². The first-order valence-electron chi connectivity index (χ1n) is 10.1. The third kappa shape index (κ3) is 3.81. The van der Waals surface area contributed by atoms with Gasteiger partial charge in [-0.05, 0) is 37.1 Å². The minimum Gasteiger partial charge on any atom is -0.352 e. The summed E-state index contributed by atoms with van der Waals surface area (Å²) in [5, 5.41) is 9.81. The van der Waals surface area contributed by atoms with Gasteiger partial charge < -0.3 is 10.6 Å². The first-order chi connectivity index (χ1) is 15.9. The molecule has 2 aromatic heterocycles. The van der Waals surface area contributed by atoms with Gasteiger partial charge in [0.2, 0.25) is 0 Å². The van der Waals surface area contributed by atoms with Crippen molar-refractivity contribution in [1.82, 2.24) is 20.1 Å². The molecule has 33 heavy (non-hydrogen) atoms. The number of halogens is 3. The van der Waals surface area contributed by atoms with Crippen LogP contribution in [0.15, 0.2) is 48.9 Å². The molecule has 0 saturated heterocycles. The Bertz CT molecular complexity index is 1350. The van der Waals surface area contributed by atoms with E-state index in [2.05, 4.69) is 20.7 Å². The molecule has 0 radical (unpaired) electrons. The standard InChI is InChI=1S/C23H16F3N5O2/c24-23(25,26)20-10-14(6-8-28-20)30-22(33)17-11-29-31(21(17)13-4-5-13)19-3-1-2-15-16(19)7-9-27-18(15)12-32/h1-3,6-11,13,27H,4-5H2,(H,28,30,33). The maximum atomic E-state index is 13.0. The lowest BCUT2D eigenvalue weighted by atomic mass is 10.00. The predicted molar refractivity (Wildman–Crippen MR) is 114 cm³/mol. The molecule has 3 aromatic rings. The lowest BCUT2D eigenvalue weighted by Crippen LogP contribution is -2.16. The number of benzene rings is 1. The summed E-state index contributed by atoms with van der Waals surface area (Å²) >= 11 is 0. The molecule has 0 unspecified atom stereocenters. The van der Waals surface area contributed by atoms with Crippen molar-refractivity contribution in [3.8, 4) is 5.69 Å². The molecule has 1 saturated carbocycles. The molecule has 1 fully saturated rings. The van der Waals surface area contributed by atoms with Crippen molar-refractivity contribution >= 4 is 29.3 Å². The Hall–Kier alpha value is -4.17. The van der Waals surface area contributed by atoms with Crippen LogP contribution in [0.25, 0.3) is 17.5 Å². The molecule has 0 spiro atoms. The number of rotatable bonds is 4. The summed E-state index contributed by atoms with van der Waals surface area (Å²) in [6.07, 6.45) is 2.96. The van der Waals surface area contributed by atoms with Crippen molar-refractivity contribution in [3.63, 3.8) is 0 Å². The normalized spacial score (nSPS) is 14.9. The molecule has 166 valence electrons. The van der Waals surface area contributed by atoms with Crippen LogP contribution in [0.1, 0.15) is 51.6 Å². The van der Waals surface area contributed by atoms with E-state index >= 15 is 0 Å². The number of nitrogens with one attached hydrogen (secondary N) is 2. The number of pyridine rings is 1. The number of carbonyl (C=O) groups excluding carboxylic acids is 2. The van der Waals surface area contributed by atoms with Crippen molar-refractivity contribution in [3.05, 3.63) is 77.0 Å². The van der Waals surface area contributed by atoms with Crippen molar-refractivity contribution < 1.29 is 22.8 Å². The first kappa shape index (κ1) is 20.7. The fraction of sp³-hybridized carbons (Fsp3) is 0.174. The minimum absolute atomic E-state index is 0.0105. The van der Waals surface area contributed by atoms with E-state index < -0.39 is 17.8 Å². The van der Waals surface area contributed by atoms with Gasteiger partial charge in [-0.3, -0.25) is 9.78 Å². The molecule has 1 aromatic carbocycles. The summed E-state index contributed by atoms with van der Waals surface area (Å²) in [5.74, 6) is 1.42. The lowest BCUT2D eigenvalue weighted by Gasteiger charge is -2.18. The van der Waals surface area contributed by atoms with Gasteiger partial charge in [-0.1, -0.05) is 12.1 Å². The van der Waals surface area contributed by atoms with E-state index in [0.29, 0.717) is 22.6 Å². The summed E-state index contributed by atoms with van der Waals surface area (Å²) in [4.78, 5) is 27.6. The van der Waals surface area contributed by atoms with Crippen LogP contribution in [0.4, 0.5) is 18.9 Å². The summed E-state index contributed by atoms with van der Waals surface area (Å²) in [6.45, 7) is 0. The Balaban J connectivity index is 1.53. The second-order valence-corrected chi connectivity index (χ2v) is 7.70. The van der Waals surface area contributed by atoms with E-state index in [4.69, 9.17) is 0 Å². The van der Waals surface area contributed by atoms with Gasteiger partial charge in [0.15, 0.2) is 5.94 Å². The molecule has 1 aliphatic carbocycles. The molecule has 2 aliphatic rings. The number of fused-ring (bicyclic) bond motifs is 1. The zero-order chi connectivity index (χ0) is 23.2. The Morgan fingerprint density at radius 3 is 2.79 bits per heavy atom. The van der Waals surface area contributed by atoms with Crippen molar-refractivity contribution in [2.75, 3.05) is 5.32 Å². The number of amides is 1. The fourth-order valence-corrected chi connectivity index (χ4v) is 3.84. The van der Waals surface area contributed by atoms with Crippen LogP contribution < -0.4 is 10.6 Å². The zero-order valence-corrected chi connectivity index (χ0v) is 17.0. The number of alkyl halides is 3. The van der Waals surface area contributed by atoms with Gasteiger partial charge in [0.1, 0.15) is 11.4 Å². The highest BCUT2D eigenvalue weighted by atomic mass is 19.4. The van der Waals surface area contributed by atoms with E-state index in [1.807, 2.05) is 12.0 Å². The number of nitrogens with zero attached hydrogens (tertiary/aromatic N) is 3. The molecule has 1 aliphatic heterocycles. The minimum atomic E-state index is -4.62. The lowest BCUT2D eigenvalue weighted by molar-refractivity contribution is -0.141. The van der Waals surface area contributed by atoms with Gasteiger partial charge >= 0.3 is 6.18 Å². The zero-order valence-electron chi connectivity index (χ0n) is 17.0. The summed E-state index contributed by atoms with van der Waals surface area (Å²) in [7, 11) is 0.